The lowest BCUT2D eigenvalue weighted by molar-refractivity contribution is -0.0511. The van der Waals surface area contributed by atoms with Gasteiger partial charge in [-0.05, 0) is 0 Å². The minimum atomic E-state index is -1.29. The molecule has 2 fully saturated rings. The van der Waals surface area contributed by atoms with E-state index >= 15 is 0 Å². The molecule has 14 heterocycles. The Balaban J connectivity index is 0.000000121. The maximum atomic E-state index is 11.7. The first-order valence-corrected chi connectivity index (χ1v) is 23.1. The quantitative estimate of drug-likeness (QED) is 0.0778. The van der Waals surface area contributed by atoms with Crippen LogP contribution in [0.4, 0.5) is 17.6 Å². The third-order valence-electron chi connectivity index (χ3n) is 11.6. The molecule has 42 nitrogen and oxygen atoms in total. The van der Waals surface area contributed by atoms with Crippen LogP contribution in [-0.4, -0.2) is 199 Å². The summed E-state index contributed by atoms with van der Waals surface area (Å²) in [6.07, 6.45) is 2.39. The Labute approximate surface area is 445 Å². The van der Waals surface area contributed by atoms with Crippen LogP contribution in [0.3, 0.4) is 0 Å². The van der Waals surface area contributed by atoms with E-state index in [4.69, 9.17) is 36.9 Å². The van der Waals surface area contributed by atoms with E-state index in [1.165, 1.54) is 59.8 Å². The average Bonchev–Trinajstić information content (AvgIpc) is 4.48. The Morgan fingerprint density at radius 2 is 0.976 bits per heavy atom. The summed E-state index contributed by atoms with van der Waals surface area (Å²) in [5.74, 6) is 0.550. The molecule has 0 aliphatic carbocycles. The lowest BCUT2D eigenvalue weighted by Gasteiger charge is -2.16. The number of nitrogens with two attached hydrogens (primary N) is 3. The van der Waals surface area contributed by atoms with E-state index < -0.39 is 96.0 Å². The first-order valence-electron chi connectivity index (χ1n) is 23.1. The van der Waals surface area contributed by atoms with E-state index in [2.05, 4.69) is 105 Å². The van der Waals surface area contributed by atoms with Crippen molar-refractivity contribution < 1.29 is 40.1 Å². The Kier molecular flexibility index (Phi) is 16.0. The van der Waals surface area contributed by atoms with Crippen LogP contribution >= 0.6 is 0 Å². The van der Waals surface area contributed by atoms with Crippen LogP contribution < -0.4 is 56.5 Å². The summed E-state index contributed by atoms with van der Waals surface area (Å²) in [6.45, 7) is -0.837. The van der Waals surface area contributed by atoms with Gasteiger partial charge in [0.05, 0.1) is 51.2 Å². The van der Waals surface area contributed by atoms with E-state index in [1.54, 1.807) is 0 Å². The molecule has 42 heteroatoms. The molecule has 2 aliphatic heterocycles. The summed E-state index contributed by atoms with van der Waals surface area (Å²) in [5, 5.41) is 57.5. The van der Waals surface area contributed by atoms with Crippen molar-refractivity contribution in [1.29, 1.82) is 0 Å². The fourth-order valence-corrected chi connectivity index (χ4v) is 7.79. The largest absolute Gasteiger partial charge is 0.394 e. The lowest BCUT2D eigenvalue weighted by Crippen LogP contribution is -2.33. The minimum Gasteiger partial charge on any atom is -0.394 e. The Hall–Kier alpha value is -11.0. The molecule has 82 heavy (non-hydrogen) atoms. The van der Waals surface area contributed by atoms with E-state index in [1.807, 2.05) is 4.98 Å². The van der Waals surface area contributed by atoms with E-state index in [-0.39, 0.29) is 50.8 Å². The molecule has 0 aromatic carbocycles. The molecule has 428 valence electrons. The van der Waals surface area contributed by atoms with Crippen LogP contribution in [0.5, 0.6) is 0 Å². The molecule has 0 saturated carbocycles. The third kappa shape index (κ3) is 11.4. The smallest absolute Gasteiger partial charge is 0.327 e. The number of fused-ring (bicyclic) bond motifs is 6. The monoisotopic (exact) mass is 1140 g/mol. The van der Waals surface area contributed by atoms with Crippen molar-refractivity contribution in [3.8, 4) is 0 Å². The fourth-order valence-electron chi connectivity index (χ4n) is 7.79. The van der Waals surface area contributed by atoms with Crippen molar-refractivity contribution in [2.24, 2.45) is 0 Å². The topological polar surface area (TPSA) is 663 Å². The number of aromatic amines is 11. The van der Waals surface area contributed by atoms with Gasteiger partial charge >= 0.3 is 17.1 Å². The van der Waals surface area contributed by atoms with Crippen LogP contribution in [0.2, 0.25) is 0 Å². The van der Waals surface area contributed by atoms with Gasteiger partial charge in [0.2, 0.25) is 5.95 Å². The van der Waals surface area contributed by atoms with E-state index in [9.17, 15) is 54.0 Å². The van der Waals surface area contributed by atoms with Crippen molar-refractivity contribution in [3.63, 3.8) is 0 Å². The molecule has 14 rings (SSSR count). The highest BCUT2D eigenvalue weighted by Crippen LogP contribution is 2.32. The van der Waals surface area contributed by atoms with Crippen molar-refractivity contribution in [2.45, 2.75) is 49.1 Å². The lowest BCUT2D eigenvalue weighted by atomic mass is 10.1. The van der Waals surface area contributed by atoms with Gasteiger partial charge < -0.3 is 77.2 Å². The highest BCUT2D eigenvalue weighted by Gasteiger charge is 2.45. The molecule has 0 spiro atoms. The second-order valence-electron chi connectivity index (χ2n) is 16.8. The van der Waals surface area contributed by atoms with Crippen molar-refractivity contribution in [2.75, 3.05) is 30.4 Å². The van der Waals surface area contributed by atoms with E-state index in [0.29, 0.717) is 39.3 Å². The SMILES string of the molecule is Nc1nc2c(ncn2[C@@H]2O[C@H](CO)[C@@H](O)[C@H]2O)c(=O)[nH]1.Nc1ncnc2c1ncn2[C@@H]1O[C@H](CO)[C@@H](O)[C@H]1O.Nc1ncnc2nc[nH]c12.O=c1[nH]c(=O)c2[nH]c(=O)[nH]c2[nH]1.O=c1[nH]c(=O)c2[nH]cnc2[nH]1.O=c1[nH]cnc2nc[nH]c12. The molecule has 2 saturated heterocycles. The van der Waals surface area contributed by atoms with Gasteiger partial charge in [0, 0.05) is 0 Å². The summed E-state index contributed by atoms with van der Waals surface area (Å²) in [7, 11) is 0. The number of ether oxygens (including phenoxy) is 2. The zero-order valence-electron chi connectivity index (χ0n) is 41.1. The molecule has 8 atom stereocenters. The van der Waals surface area contributed by atoms with Gasteiger partial charge in [-0.1, -0.05) is 0 Å². The van der Waals surface area contributed by atoms with Gasteiger partial charge in [-0.2, -0.15) is 4.98 Å². The van der Waals surface area contributed by atoms with Crippen LogP contribution in [0.1, 0.15) is 12.5 Å². The predicted molar refractivity (Wildman–Crippen MR) is 276 cm³/mol. The van der Waals surface area contributed by atoms with Crippen LogP contribution in [-0.2, 0) is 9.47 Å². The molecular weight excluding hydrogens is 1100 g/mol. The maximum Gasteiger partial charge on any atom is 0.327 e. The number of nitrogens with zero attached hydrogens (tertiary/aromatic N) is 13. The van der Waals surface area contributed by atoms with Crippen LogP contribution in [0.15, 0.2) is 84.2 Å². The summed E-state index contributed by atoms with van der Waals surface area (Å²) in [4.78, 5) is 145. The Morgan fingerprint density at radius 3 is 1.59 bits per heavy atom. The summed E-state index contributed by atoms with van der Waals surface area (Å²) in [5.41, 5.74) is 16.9. The number of nitrogens with one attached hydrogen (secondary N) is 11. The van der Waals surface area contributed by atoms with Gasteiger partial charge in [-0.3, -0.25) is 63.2 Å². The maximum absolute atomic E-state index is 11.7. The highest BCUT2D eigenvalue weighted by atomic mass is 16.6. The van der Waals surface area contributed by atoms with Crippen molar-refractivity contribution >= 4 is 84.6 Å². The number of imidazole rings is 6. The predicted octanol–water partition coefficient (Wildman–Crippen LogP) is -7.91. The number of H-pyrrole nitrogens is 11. The highest BCUT2D eigenvalue weighted by molar-refractivity contribution is 5.81. The molecule has 0 radical (unpaired) electrons. The molecule has 0 bridgehead atoms. The number of anilines is 3. The number of aliphatic hydroxyl groups is 6. The number of nitrogen functional groups attached to an aromatic ring is 3. The standard InChI is InChI=1S/C10H13N5O5.C10H13N5O4.C5H5N5.C5H4N4O3.C5H4N4O2.C5H4N4O/c11-10-13-7-4(8(19)14-10)12-2-15(7)9-6(18)5(17)3(1-16)20-9;11-8-5-9(13-2-12-8)15(3-14-5)10-7(18)6(17)4(1-16)19-10;6-4-3-5(9-1-7-3)10-2-8-4;10-3-1-2(7-4(11)6-1)8-5(12)9-3;10-4-2-3(7-1-6-2)8-5(11)9-4;10-5-3-4(7-1-6-3)8-2-9-5/h2-3,5-6,9,16-18H,1H2,(H3,11,13,14,19);2-4,6-7,10,16-18H,1H2,(H2,11,12,13);1-2H,(H3,6,7,8,9,10);(H4,6,7,8,9,10,11,12);1H,(H3,6,7,8,9,10,11);1-2H,(H2,6,7,8,9,10)/t3-,5-,6-,9-;4-,6-,7-,10-;;;;/m11..../s1. The second-order valence-corrected chi connectivity index (χ2v) is 16.8. The Bertz CT molecular complexity index is 4620. The van der Waals surface area contributed by atoms with Gasteiger partial charge in [0.15, 0.2) is 63.4 Å². The number of hydrogen-bond donors (Lipinski definition) is 20. The van der Waals surface area contributed by atoms with E-state index in [0.717, 1.165) is 0 Å². The van der Waals surface area contributed by atoms with Gasteiger partial charge in [-0.25, -0.2) is 64.2 Å². The molecule has 0 amide bonds. The summed E-state index contributed by atoms with van der Waals surface area (Å²) >= 11 is 0. The molecule has 12 aromatic rings. The zero-order valence-corrected chi connectivity index (χ0v) is 41.1. The molecule has 0 unspecified atom stereocenters. The number of hydrogen-bond acceptors (Lipinski definition) is 29. The van der Waals surface area contributed by atoms with Crippen LogP contribution in [0.25, 0.3) is 67.0 Å². The Morgan fingerprint density at radius 1 is 0.463 bits per heavy atom. The first-order chi connectivity index (χ1) is 39.3. The minimum absolute atomic E-state index is 0.0388. The van der Waals surface area contributed by atoms with Gasteiger partial charge in [0.1, 0.15) is 77.0 Å². The summed E-state index contributed by atoms with van der Waals surface area (Å²) in [6, 6.07) is 0. The molecule has 23 N–H and O–H groups in total. The average molecular weight is 1140 g/mol. The van der Waals surface area contributed by atoms with Gasteiger partial charge in [-0.15, -0.1) is 0 Å². The summed E-state index contributed by atoms with van der Waals surface area (Å²) < 4.78 is 13.5. The molecule has 12 aromatic heterocycles. The number of aromatic nitrogens is 24. The zero-order chi connectivity index (χ0) is 58.5. The van der Waals surface area contributed by atoms with Crippen LogP contribution in [0, 0.1) is 0 Å². The normalized spacial score (nSPS) is 20.1. The fraction of sp³-hybridized carbons (Fsp3) is 0.250. The molecule has 2 aliphatic rings. The van der Waals surface area contributed by atoms with Crippen molar-refractivity contribution in [1.82, 2.24) is 119 Å². The number of rotatable bonds is 4. The molecular formula is C40H43N27O15. The second kappa shape index (κ2) is 23.5. The first kappa shape index (κ1) is 55.7. The van der Waals surface area contributed by atoms with Gasteiger partial charge in [0.25, 0.3) is 22.2 Å². The third-order valence-corrected chi connectivity index (χ3v) is 11.6. The number of aliphatic hydroxyl groups excluding tert-OH is 6. The van der Waals surface area contributed by atoms with Crippen molar-refractivity contribution in [3.05, 3.63) is 123 Å².